The van der Waals surface area contributed by atoms with Gasteiger partial charge in [-0.1, -0.05) is 46.2 Å². The fourth-order valence-corrected chi connectivity index (χ4v) is 1.71. The summed E-state index contributed by atoms with van der Waals surface area (Å²) >= 11 is 0. The van der Waals surface area contributed by atoms with E-state index in [0.29, 0.717) is 5.92 Å². The molecule has 1 nitrogen and oxygen atoms in total. The van der Waals surface area contributed by atoms with Crippen molar-refractivity contribution in [2.75, 3.05) is 5.73 Å². The number of benzene rings is 1. The van der Waals surface area contributed by atoms with Gasteiger partial charge in [0.05, 0.1) is 0 Å². The van der Waals surface area contributed by atoms with Gasteiger partial charge >= 0.3 is 0 Å². The maximum absolute atomic E-state index is 5.68. The van der Waals surface area contributed by atoms with E-state index < -0.39 is 0 Å². The number of hydrogen-bond donors (Lipinski definition) is 1. The lowest BCUT2D eigenvalue weighted by Gasteiger charge is -2.31. The molecule has 0 spiro atoms. The molecule has 0 amide bonds. The van der Waals surface area contributed by atoms with E-state index in [1.54, 1.807) is 0 Å². The lowest BCUT2D eigenvalue weighted by Crippen LogP contribution is -2.25. The summed E-state index contributed by atoms with van der Waals surface area (Å²) in [5.41, 5.74) is 8.13. The monoisotopic (exact) mass is 191 g/mol. The van der Waals surface area contributed by atoms with Gasteiger partial charge in [0.15, 0.2) is 0 Å². The first-order valence-electron chi connectivity index (χ1n) is 5.34. The molecule has 1 unspecified atom stereocenters. The zero-order chi connectivity index (χ0) is 10.8. The Morgan fingerprint density at radius 2 is 1.71 bits per heavy atom. The van der Waals surface area contributed by atoms with Crippen LogP contribution in [0.5, 0.6) is 0 Å². The molecule has 1 rings (SSSR count). The molecule has 0 aliphatic carbocycles. The van der Waals surface area contributed by atoms with Gasteiger partial charge in [-0.3, -0.25) is 0 Å². The Morgan fingerprint density at radius 3 is 2.14 bits per heavy atom. The van der Waals surface area contributed by atoms with E-state index >= 15 is 0 Å². The highest BCUT2D eigenvalue weighted by Gasteiger charge is 2.26. The van der Waals surface area contributed by atoms with Crippen molar-refractivity contribution in [3.8, 4) is 0 Å². The minimum absolute atomic E-state index is 0.239. The van der Waals surface area contributed by atoms with E-state index in [1.165, 1.54) is 12.0 Å². The molecule has 0 saturated heterocycles. The fourth-order valence-electron chi connectivity index (χ4n) is 1.71. The highest BCUT2D eigenvalue weighted by Crippen LogP contribution is 2.33. The number of anilines is 1. The molecule has 1 aromatic rings. The zero-order valence-electron chi connectivity index (χ0n) is 9.67. The molecule has 2 N–H and O–H groups in total. The van der Waals surface area contributed by atoms with Crippen molar-refractivity contribution in [3.63, 3.8) is 0 Å². The Hall–Kier alpha value is -0.980. The second-order valence-corrected chi connectivity index (χ2v) is 4.65. The third-order valence-corrected chi connectivity index (χ3v) is 3.50. The molecule has 0 bridgehead atoms. The molecule has 0 aliphatic rings. The van der Waals surface area contributed by atoms with E-state index in [-0.39, 0.29) is 5.41 Å². The maximum atomic E-state index is 5.68. The summed E-state index contributed by atoms with van der Waals surface area (Å²) in [6, 6.07) is 8.25. The summed E-state index contributed by atoms with van der Waals surface area (Å²) in [7, 11) is 0. The predicted octanol–water partition coefficient (Wildman–Crippen LogP) is 3.59. The first-order valence-corrected chi connectivity index (χ1v) is 5.34. The summed E-state index contributed by atoms with van der Waals surface area (Å²) in [6.07, 6.45) is 1.21. The van der Waals surface area contributed by atoms with Crippen molar-refractivity contribution < 1.29 is 0 Å². The topological polar surface area (TPSA) is 26.0 Å². The van der Waals surface area contributed by atoms with Gasteiger partial charge in [0.25, 0.3) is 0 Å². The van der Waals surface area contributed by atoms with Gasteiger partial charge in [-0.05, 0) is 29.0 Å². The highest BCUT2D eigenvalue weighted by atomic mass is 14.5. The van der Waals surface area contributed by atoms with Crippen molar-refractivity contribution in [2.24, 2.45) is 5.92 Å². The van der Waals surface area contributed by atoms with Gasteiger partial charge in [0.1, 0.15) is 0 Å². The number of nitrogens with two attached hydrogens (primary N) is 1. The van der Waals surface area contributed by atoms with Crippen LogP contribution in [0.25, 0.3) is 0 Å². The van der Waals surface area contributed by atoms with Crippen LogP contribution in [0.2, 0.25) is 0 Å². The summed E-state index contributed by atoms with van der Waals surface area (Å²) in [5.74, 6) is 0.686. The van der Waals surface area contributed by atoms with Crippen LogP contribution in [0.3, 0.4) is 0 Å². The minimum atomic E-state index is 0.239. The van der Waals surface area contributed by atoms with Gasteiger partial charge in [-0.15, -0.1) is 0 Å². The number of hydrogen-bond acceptors (Lipinski definition) is 1. The quantitative estimate of drug-likeness (QED) is 0.726. The molecular weight excluding hydrogens is 170 g/mol. The predicted molar refractivity (Wildman–Crippen MR) is 63.3 cm³/mol. The Kier molecular flexibility index (Phi) is 3.20. The summed E-state index contributed by atoms with van der Waals surface area (Å²) in [4.78, 5) is 0. The molecule has 1 atom stereocenters. The Morgan fingerprint density at radius 1 is 1.21 bits per heavy atom. The van der Waals surface area contributed by atoms with Crippen LogP contribution < -0.4 is 5.73 Å². The van der Waals surface area contributed by atoms with Gasteiger partial charge in [-0.25, -0.2) is 0 Å². The van der Waals surface area contributed by atoms with E-state index in [1.807, 2.05) is 12.1 Å². The average Bonchev–Trinajstić information content (AvgIpc) is 2.17. The molecule has 0 fully saturated rings. The molecule has 0 radical (unpaired) electrons. The normalized spacial score (nSPS) is 14.0. The van der Waals surface area contributed by atoms with E-state index in [4.69, 9.17) is 5.73 Å². The first kappa shape index (κ1) is 11.1. The van der Waals surface area contributed by atoms with Crippen LogP contribution >= 0.6 is 0 Å². The third-order valence-electron chi connectivity index (χ3n) is 3.50. The van der Waals surface area contributed by atoms with Crippen LogP contribution in [-0.4, -0.2) is 0 Å². The van der Waals surface area contributed by atoms with Crippen molar-refractivity contribution in [2.45, 2.75) is 39.5 Å². The van der Waals surface area contributed by atoms with E-state index in [9.17, 15) is 0 Å². The van der Waals surface area contributed by atoms with E-state index in [0.717, 1.165) is 5.69 Å². The van der Waals surface area contributed by atoms with E-state index in [2.05, 4.69) is 39.8 Å². The largest absolute Gasteiger partial charge is 0.399 e. The van der Waals surface area contributed by atoms with Crippen LogP contribution in [0, 0.1) is 5.92 Å². The molecule has 0 aromatic heterocycles. The van der Waals surface area contributed by atoms with Crippen LogP contribution in [0.4, 0.5) is 5.69 Å². The SMILES string of the molecule is CCC(C)C(C)(C)c1ccc(N)cc1. The maximum Gasteiger partial charge on any atom is 0.0314 e. The van der Waals surface area contributed by atoms with Crippen molar-refractivity contribution in [1.82, 2.24) is 0 Å². The first-order chi connectivity index (χ1) is 6.48. The van der Waals surface area contributed by atoms with Crippen molar-refractivity contribution in [3.05, 3.63) is 29.8 Å². The molecular formula is C13H21N. The average molecular weight is 191 g/mol. The highest BCUT2D eigenvalue weighted by molar-refractivity contribution is 5.41. The molecule has 1 heteroatoms. The zero-order valence-corrected chi connectivity index (χ0v) is 9.67. The van der Waals surface area contributed by atoms with Gasteiger partial charge in [0.2, 0.25) is 0 Å². The molecule has 78 valence electrons. The second kappa shape index (κ2) is 4.04. The summed E-state index contributed by atoms with van der Waals surface area (Å²) in [5, 5.41) is 0. The molecule has 0 saturated carbocycles. The van der Waals surface area contributed by atoms with Gasteiger partial charge in [-0.2, -0.15) is 0 Å². The Labute approximate surface area is 87.3 Å². The smallest absolute Gasteiger partial charge is 0.0314 e. The molecule has 0 heterocycles. The number of rotatable bonds is 3. The Balaban J connectivity index is 2.97. The standard InChI is InChI=1S/C13H21N/c1-5-10(2)13(3,4)11-6-8-12(14)9-7-11/h6-10H,5,14H2,1-4H3. The lowest BCUT2D eigenvalue weighted by atomic mass is 9.73. The number of nitrogen functional groups attached to an aromatic ring is 1. The van der Waals surface area contributed by atoms with Crippen molar-refractivity contribution >= 4 is 5.69 Å². The van der Waals surface area contributed by atoms with Gasteiger partial charge in [0, 0.05) is 5.69 Å². The molecule has 0 aliphatic heterocycles. The third kappa shape index (κ3) is 2.09. The molecule has 14 heavy (non-hydrogen) atoms. The van der Waals surface area contributed by atoms with Crippen molar-refractivity contribution in [1.29, 1.82) is 0 Å². The summed E-state index contributed by atoms with van der Waals surface area (Å²) < 4.78 is 0. The molecule has 1 aromatic carbocycles. The Bertz CT molecular complexity index is 285. The van der Waals surface area contributed by atoms with Crippen LogP contribution in [0.15, 0.2) is 24.3 Å². The minimum Gasteiger partial charge on any atom is -0.399 e. The summed E-state index contributed by atoms with van der Waals surface area (Å²) in [6.45, 7) is 9.14. The fraction of sp³-hybridized carbons (Fsp3) is 0.538. The van der Waals surface area contributed by atoms with Crippen LogP contribution in [-0.2, 0) is 5.41 Å². The second-order valence-electron chi connectivity index (χ2n) is 4.65. The lowest BCUT2D eigenvalue weighted by molar-refractivity contribution is 0.335. The van der Waals surface area contributed by atoms with Crippen LogP contribution in [0.1, 0.15) is 39.7 Å². The van der Waals surface area contributed by atoms with Gasteiger partial charge < -0.3 is 5.73 Å².